The molecule has 22 heavy (non-hydrogen) atoms. The Kier molecular flexibility index (Phi) is 4.50. The Bertz CT molecular complexity index is 803. The molecule has 1 heterocycles. The van der Waals surface area contributed by atoms with E-state index in [1.165, 1.54) is 10.5 Å². The lowest BCUT2D eigenvalue weighted by molar-refractivity contribution is 1.04. The largest absolute Gasteiger partial charge is 0.398 e. The number of nitrogen functional groups attached to an aromatic ring is 1. The summed E-state index contributed by atoms with van der Waals surface area (Å²) in [7, 11) is 0. The second-order valence-electron chi connectivity index (χ2n) is 5.09. The quantitative estimate of drug-likeness (QED) is 0.434. The predicted octanol–water partition coefficient (Wildman–Crippen LogP) is 4.51. The fraction of sp³-hybridized carbons (Fsp3) is 0.176. The molecule has 0 aliphatic rings. The van der Waals surface area contributed by atoms with Gasteiger partial charge in [0.1, 0.15) is 0 Å². The van der Waals surface area contributed by atoms with Gasteiger partial charge >= 0.3 is 0 Å². The molecule has 0 spiro atoms. The van der Waals surface area contributed by atoms with E-state index in [4.69, 9.17) is 17.3 Å². The summed E-state index contributed by atoms with van der Waals surface area (Å²) in [4.78, 5) is 9.86. The van der Waals surface area contributed by atoms with E-state index in [0.717, 1.165) is 28.8 Å². The number of nitrogens with zero attached hydrogens (tertiary/aromatic N) is 2. The number of aromatic nitrogens is 2. The number of aryl methyl sites for hydroxylation is 2. The Morgan fingerprint density at radius 3 is 2.64 bits per heavy atom. The first-order valence-electron chi connectivity index (χ1n) is 7.03. The van der Waals surface area contributed by atoms with Crippen LogP contribution in [-0.2, 0) is 6.42 Å². The third-order valence-corrected chi connectivity index (χ3v) is 4.61. The van der Waals surface area contributed by atoms with Gasteiger partial charge in [-0.2, -0.15) is 0 Å². The Morgan fingerprint density at radius 1 is 1.09 bits per heavy atom. The minimum atomic E-state index is 0.272. The van der Waals surface area contributed by atoms with E-state index in [9.17, 15) is 0 Å². The van der Waals surface area contributed by atoms with Crippen LogP contribution in [-0.4, -0.2) is 15.7 Å². The van der Waals surface area contributed by atoms with Gasteiger partial charge in [-0.3, -0.25) is 0 Å². The highest BCUT2D eigenvalue weighted by Gasteiger charge is 2.09. The van der Waals surface area contributed by atoms with Gasteiger partial charge in [-0.1, -0.05) is 23.8 Å². The van der Waals surface area contributed by atoms with Crippen molar-refractivity contribution in [2.24, 2.45) is 0 Å². The minimum Gasteiger partial charge on any atom is -0.398 e. The third-order valence-electron chi connectivity index (χ3n) is 3.43. The lowest BCUT2D eigenvalue weighted by atomic mass is 10.1. The van der Waals surface area contributed by atoms with Gasteiger partial charge in [-0.15, -0.1) is 11.8 Å². The van der Waals surface area contributed by atoms with Crippen molar-refractivity contribution in [3.63, 3.8) is 0 Å². The predicted molar refractivity (Wildman–Crippen MR) is 94.6 cm³/mol. The number of nitrogens with two attached hydrogens (primary N) is 1. The lowest BCUT2D eigenvalue weighted by Crippen LogP contribution is -2.00. The number of benzene rings is 2. The number of hydrogen-bond donors (Lipinski definition) is 1. The molecule has 3 rings (SSSR count). The zero-order valence-corrected chi connectivity index (χ0v) is 13.8. The molecule has 0 unspecified atom stereocenters. The molecule has 0 atom stereocenters. The molecule has 5 heteroatoms. The molecule has 2 aromatic carbocycles. The van der Waals surface area contributed by atoms with Crippen LogP contribution in [0, 0.1) is 6.92 Å². The monoisotopic (exact) mass is 329 g/mol. The van der Waals surface area contributed by atoms with Crippen molar-refractivity contribution in [1.82, 2.24) is 9.97 Å². The van der Waals surface area contributed by atoms with Gasteiger partial charge in [0.15, 0.2) is 0 Å². The lowest BCUT2D eigenvalue weighted by Gasteiger charge is -2.08. The third kappa shape index (κ3) is 3.34. The van der Waals surface area contributed by atoms with E-state index in [2.05, 4.69) is 41.2 Å². The molecule has 0 aliphatic carbocycles. The summed E-state index contributed by atoms with van der Waals surface area (Å²) in [6.07, 6.45) is 0.797. The Balaban J connectivity index is 1.80. The molecule has 0 aliphatic heterocycles. The van der Waals surface area contributed by atoms with Gasteiger partial charge in [-0.25, -0.2) is 9.97 Å². The number of fused-ring (bicyclic) bond motifs is 1. The van der Waals surface area contributed by atoms with Crippen molar-refractivity contribution in [2.45, 2.75) is 18.2 Å². The van der Waals surface area contributed by atoms with Gasteiger partial charge in [0.05, 0.1) is 11.2 Å². The van der Waals surface area contributed by atoms with Crippen molar-refractivity contribution < 1.29 is 0 Å². The fourth-order valence-corrected chi connectivity index (χ4v) is 3.39. The summed E-state index contributed by atoms with van der Waals surface area (Å²) < 4.78 is 0. The van der Waals surface area contributed by atoms with Crippen LogP contribution in [0.1, 0.15) is 11.3 Å². The van der Waals surface area contributed by atoms with Crippen LogP contribution in [0.15, 0.2) is 47.4 Å². The van der Waals surface area contributed by atoms with E-state index in [1.54, 1.807) is 11.8 Å². The second kappa shape index (κ2) is 6.55. The van der Waals surface area contributed by atoms with E-state index in [0.29, 0.717) is 5.69 Å². The number of thioether (sulfide) groups is 1. The molecule has 1 aromatic heterocycles. The molecule has 112 valence electrons. The number of rotatable bonds is 4. The molecule has 0 saturated heterocycles. The first-order valence-corrected chi connectivity index (χ1v) is 8.40. The van der Waals surface area contributed by atoms with E-state index < -0.39 is 0 Å². The minimum absolute atomic E-state index is 0.272. The average molecular weight is 330 g/mol. The second-order valence-corrected chi connectivity index (χ2v) is 6.60. The van der Waals surface area contributed by atoms with E-state index >= 15 is 0 Å². The maximum atomic E-state index is 6.08. The van der Waals surface area contributed by atoms with E-state index in [1.807, 2.05) is 18.2 Å². The smallest absolute Gasteiger partial charge is 0.223 e. The SMILES string of the molecule is Cc1ccc(SCCc2nc(Cl)nc3cccc(N)c23)cc1. The summed E-state index contributed by atoms with van der Waals surface area (Å²) in [5.74, 6) is 0.917. The number of hydrogen-bond acceptors (Lipinski definition) is 4. The van der Waals surface area contributed by atoms with Crippen LogP contribution in [0.4, 0.5) is 5.69 Å². The maximum Gasteiger partial charge on any atom is 0.223 e. The van der Waals surface area contributed by atoms with Crippen LogP contribution in [0.2, 0.25) is 5.28 Å². The van der Waals surface area contributed by atoms with Gasteiger partial charge < -0.3 is 5.73 Å². The molecule has 0 amide bonds. The number of anilines is 1. The molecule has 3 aromatic rings. The summed E-state index contributed by atoms with van der Waals surface area (Å²) in [6.45, 7) is 2.09. The molecule has 2 N–H and O–H groups in total. The van der Waals surface area contributed by atoms with Crippen LogP contribution < -0.4 is 5.73 Å². The standard InChI is InChI=1S/C17H16ClN3S/c1-11-5-7-12(8-6-11)22-10-9-15-16-13(19)3-2-4-14(16)20-17(18)21-15/h2-8H,9-10,19H2,1H3. The van der Waals surface area contributed by atoms with Crippen molar-refractivity contribution in [1.29, 1.82) is 0 Å². The van der Waals surface area contributed by atoms with Gasteiger partial charge in [0, 0.05) is 21.7 Å². The number of halogens is 1. The van der Waals surface area contributed by atoms with Crippen molar-refractivity contribution >= 4 is 40.0 Å². The van der Waals surface area contributed by atoms with Crippen LogP contribution in [0.3, 0.4) is 0 Å². The topological polar surface area (TPSA) is 51.8 Å². The molecule has 3 nitrogen and oxygen atoms in total. The first kappa shape index (κ1) is 15.1. The van der Waals surface area contributed by atoms with Gasteiger partial charge in [0.25, 0.3) is 0 Å². The van der Waals surface area contributed by atoms with E-state index in [-0.39, 0.29) is 5.28 Å². The molecule has 0 radical (unpaired) electrons. The fourth-order valence-electron chi connectivity index (χ4n) is 2.34. The van der Waals surface area contributed by atoms with Gasteiger partial charge in [-0.05, 0) is 49.2 Å². The molecular formula is C17H16ClN3S. The van der Waals surface area contributed by atoms with Crippen molar-refractivity contribution in [2.75, 3.05) is 11.5 Å². The summed E-state index contributed by atoms with van der Waals surface area (Å²) in [6, 6.07) is 14.2. The average Bonchev–Trinajstić information content (AvgIpc) is 2.49. The zero-order valence-electron chi connectivity index (χ0n) is 12.2. The zero-order chi connectivity index (χ0) is 15.5. The Morgan fingerprint density at radius 2 is 1.86 bits per heavy atom. The summed E-state index contributed by atoms with van der Waals surface area (Å²) in [5, 5.41) is 1.19. The maximum absolute atomic E-state index is 6.08. The summed E-state index contributed by atoms with van der Waals surface area (Å²) >= 11 is 7.82. The Hall–Kier alpha value is -1.78. The highest BCUT2D eigenvalue weighted by Crippen LogP contribution is 2.26. The summed E-state index contributed by atoms with van der Waals surface area (Å²) in [5.41, 5.74) is 9.76. The van der Waals surface area contributed by atoms with Crippen molar-refractivity contribution in [3.8, 4) is 0 Å². The molecule has 0 fully saturated rings. The molecule has 0 bridgehead atoms. The van der Waals surface area contributed by atoms with Gasteiger partial charge in [0.2, 0.25) is 5.28 Å². The molecule has 0 saturated carbocycles. The highest BCUT2D eigenvalue weighted by atomic mass is 35.5. The Labute approximate surface area is 138 Å². The first-order chi connectivity index (χ1) is 10.6. The molecular weight excluding hydrogens is 314 g/mol. The van der Waals surface area contributed by atoms with Crippen LogP contribution in [0.5, 0.6) is 0 Å². The van der Waals surface area contributed by atoms with Crippen LogP contribution >= 0.6 is 23.4 Å². The normalized spacial score (nSPS) is 11.0. The van der Waals surface area contributed by atoms with Crippen LogP contribution in [0.25, 0.3) is 10.9 Å². The van der Waals surface area contributed by atoms with Crippen molar-refractivity contribution in [3.05, 3.63) is 59.0 Å². The highest BCUT2D eigenvalue weighted by molar-refractivity contribution is 7.99.